The van der Waals surface area contributed by atoms with Crippen LogP contribution in [0.15, 0.2) is 40.9 Å². The summed E-state index contributed by atoms with van der Waals surface area (Å²) in [6, 6.07) is 11.8. The molecule has 8 rings (SSSR count). The summed E-state index contributed by atoms with van der Waals surface area (Å²) in [6.45, 7) is 0.638. The molecule has 4 aromatic rings. The van der Waals surface area contributed by atoms with Crippen LogP contribution in [0.1, 0.15) is 91.8 Å². The van der Waals surface area contributed by atoms with Crippen LogP contribution >= 0.6 is 34.5 Å². The van der Waals surface area contributed by atoms with Crippen LogP contribution in [0.2, 0.25) is 10.0 Å². The quantitative estimate of drug-likeness (QED) is 0.185. The van der Waals surface area contributed by atoms with Crippen molar-refractivity contribution in [2.75, 3.05) is 4.90 Å². The Bertz CT molecular complexity index is 1880. The van der Waals surface area contributed by atoms with E-state index in [2.05, 4.69) is 20.1 Å². The van der Waals surface area contributed by atoms with Gasteiger partial charge in [-0.05, 0) is 81.7 Å². The van der Waals surface area contributed by atoms with Crippen LogP contribution in [-0.4, -0.2) is 47.8 Å². The molecule has 2 N–H and O–H groups in total. The number of aromatic nitrogens is 2. The molecule has 0 spiro atoms. The molecule has 4 aliphatic rings. The van der Waals surface area contributed by atoms with Gasteiger partial charge in [-0.25, -0.2) is 18.1 Å². The highest BCUT2D eigenvalue weighted by Gasteiger charge is 2.42. The Hall–Kier alpha value is -2.70. The van der Waals surface area contributed by atoms with Crippen molar-refractivity contribution in [3.05, 3.63) is 63.3 Å². The number of carbonyl (C=O) groups is 1. The van der Waals surface area contributed by atoms with Crippen LogP contribution < -0.4 is 14.9 Å². The number of rotatable bonds is 9. The number of sulfonamides is 1. The van der Waals surface area contributed by atoms with Gasteiger partial charge in [-0.15, -0.1) is 0 Å². The van der Waals surface area contributed by atoms with Crippen molar-refractivity contribution in [2.24, 2.45) is 0 Å². The number of nitrogens with zero attached hydrogens (tertiary/aromatic N) is 3. The van der Waals surface area contributed by atoms with Gasteiger partial charge in [-0.1, -0.05) is 58.6 Å². The molecule has 46 heavy (non-hydrogen) atoms. The van der Waals surface area contributed by atoms with Crippen molar-refractivity contribution in [2.45, 2.75) is 100 Å². The lowest BCUT2D eigenvalue weighted by Crippen LogP contribution is -2.49. The molecule has 2 bridgehead atoms. The van der Waals surface area contributed by atoms with Gasteiger partial charge in [0.15, 0.2) is 5.13 Å². The second-order valence-electron chi connectivity index (χ2n) is 13.1. The maximum absolute atomic E-state index is 12.9. The van der Waals surface area contributed by atoms with Gasteiger partial charge in [0.2, 0.25) is 10.0 Å². The van der Waals surface area contributed by atoms with Gasteiger partial charge < -0.3 is 14.7 Å². The molecule has 13 heteroatoms. The molecule has 4 heterocycles. The van der Waals surface area contributed by atoms with E-state index in [0.717, 1.165) is 89.3 Å². The van der Waals surface area contributed by atoms with Crippen LogP contribution in [0.25, 0.3) is 21.5 Å². The Balaban J connectivity index is 0.965. The van der Waals surface area contributed by atoms with E-state index in [1.54, 1.807) is 23.5 Å². The minimum absolute atomic E-state index is 0.330. The zero-order chi connectivity index (χ0) is 31.6. The minimum atomic E-state index is -3.67. The minimum Gasteiger partial charge on any atom is -0.360 e. The monoisotopic (exact) mass is 699 g/mol. The highest BCUT2D eigenvalue weighted by atomic mass is 35.5. The summed E-state index contributed by atoms with van der Waals surface area (Å²) in [4.78, 5) is 20.3. The van der Waals surface area contributed by atoms with Crippen molar-refractivity contribution >= 4 is 65.8 Å². The van der Waals surface area contributed by atoms with Gasteiger partial charge in [0.25, 0.3) is 5.91 Å². The molecule has 9 nitrogen and oxygen atoms in total. The third-order valence-electron chi connectivity index (χ3n) is 10.1. The third-order valence-corrected chi connectivity index (χ3v) is 13.6. The Labute approximate surface area is 282 Å². The first kappa shape index (κ1) is 30.6. The summed E-state index contributed by atoms with van der Waals surface area (Å²) in [5.74, 6) is 0.769. The lowest BCUT2D eigenvalue weighted by Gasteiger charge is -2.39. The summed E-state index contributed by atoms with van der Waals surface area (Å²) in [5.41, 5.74) is 3.66. The maximum atomic E-state index is 12.9. The number of nitrogens with one attached hydrogen (secondary N) is 2. The molecule has 2 atom stereocenters. The highest BCUT2D eigenvalue weighted by Crippen LogP contribution is 2.47. The van der Waals surface area contributed by atoms with Crippen LogP contribution in [0.4, 0.5) is 5.13 Å². The lowest BCUT2D eigenvalue weighted by atomic mass is 9.97. The molecule has 2 saturated carbocycles. The van der Waals surface area contributed by atoms with Gasteiger partial charge in [-0.3, -0.25) is 4.79 Å². The van der Waals surface area contributed by atoms with E-state index in [4.69, 9.17) is 32.7 Å². The molecular weight excluding hydrogens is 665 g/mol. The number of amides is 1. The smallest absolute Gasteiger partial charge is 0.264 e. The molecule has 0 radical (unpaired) electrons. The Morgan fingerprint density at radius 1 is 1.00 bits per heavy atom. The summed E-state index contributed by atoms with van der Waals surface area (Å²) >= 11 is 14.7. The number of carbonyl (C=O) groups excluding carboxylic acids is 1. The van der Waals surface area contributed by atoms with Crippen molar-refractivity contribution in [3.63, 3.8) is 0 Å². The zero-order valence-corrected chi connectivity index (χ0v) is 28.3. The standard InChI is InChI=1S/C33H35Cl2N5O4S2/c34-25-6-3-7-26(35)29(25)30-24(31(44-38-30)18-8-9-18)17-36-20-15-21-11-12-22(16-20)40(21)33-37-27-13-10-19(14-28(27)45-33)32(41)39-46(42,43)23-4-1-2-5-23/h3,6-7,10,13-14,18,20-23,36H,1-2,4-5,8-9,11-12,15-17H2,(H,39,41). The second kappa shape index (κ2) is 12.1. The first-order valence-corrected chi connectivity index (χ1v) is 19.3. The molecule has 2 aliphatic carbocycles. The number of benzene rings is 2. The largest absolute Gasteiger partial charge is 0.360 e. The van der Waals surface area contributed by atoms with Gasteiger partial charge in [0, 0.05) is 47.3 Å². The summed E-state index contributed by atoms with van der Waals surface area (Å²) in [6.07, 6.45) is 9.38. The number of halogens is 2. The summed E-state index contributed by atoms with van der Waals surface area (Å²) in [5, 5.41) is 9.88. The average Bonchev–Trinajstić information content (AvgIpc) is 3.36. The number of hydrogen-bond acceptors (Lipinski definition) is 9. The fourth-order valence-corrected chi connectivity index (χ4v) is 10.8. The van der Waals surface area contributed by atoms with E-state index in [1.165, 1.54) is 0 Å². The number of anilines is 1. The Kier molecular flexibility index (Phi) is 8.04. The SMILES string of the molecule is O=C(NS(=O)(=O)C1CCCC1)c1ccc2nc(N3C4CCC3CC(NCc3c(-c5c(Cl)cccc5Cl)noc3C3CC3)C4)sc2c1. The number of thiazole rings is 1. The van der Waals surface area contributed by atoms with Crippen LogP contribution in [0, 0.1) is 0 Å². The predicted molar refractivity (Wildman–Crippen MR) is 181 cm³/mol. The number of hydrogen-bond donors (Lipinski definition) is 2. The van der Waals surface area contributed by atoms with Gasteiger partial charge in [0.05, 0.1) is 25.5 Å². The number of piperidine rings is 1. The van der Waals surface area contributed by atoms with Crippen LogP contribution in [0.5, 0.6) is 0 Å². The molecule has 2 aromatic heterocycles. The molecule has 2 aliphatic heterocycles. The van der Waals surface area contributed by atoms with Gasteiger partial charge >= 0.3 is 0 Å². The third kappa shape index (κ3) is 5.72. The molecule has 4 fully saturated rings. The molecule has 242 valence electrons. The van der Waals surface area contributed by atoms with E-state index in [9.17, 15) is 13.2 Å². The van der Waals surface area contributed by atoms with E-state index in [1.807, 2.05) is 24.3 Å². The van der Waals surface area contributed by atoms with Crippen molar-refractivity contribution in [1.29, 1.82) is 0 Å². The average molecular weight is 701 g/mol. The molecule has 2 aromatic carbocycles. The van der Waals surface area contributed by atoms with Crippen LogP contribution in [0.3, 0.4) is 0 Å². The molecule has 2 unspecified atom stereocenters. The van der Waals surface area contributed by atoms with Crippen molar-refractivity contribution in [1.82, 2.24) is 20.2 Å². The van der Waals surface area contributed by atoms with E-state index in [0.29, 0.717) is 59.0 Å². The van der Waals surface area contributed by atoms with Crippen molar-refractivity contribution in [3.8, 4) is 11.3 Å². The normalized spacial score (nSPS) is 23.4. The first-order chi connectivity index (χ1) is 22.2. The Morgan fingerprint density at radius 3 is 2.41 bits per heavy atom. The van der Waals surface area contributed by atoms with Gasteiger partial charge in [-0.2, -0.15) is 0 Å². The van der Waals surface area contributed by atoms with E-state index in [-0.39, 0.29) is 0 Å². The lowest BCUT2D eigenvalue weighted by molar-refractivity contribution is 0.0981. The first-order valence-electron chi connectivity index (χ1n) is 16.2. The van der Waals surface area contributed by atoms with Gasteiger partial charge in [0.1, 0.15) is 11.5 Å². The Morgan fingerprint density at radius 2 is 1.72 bits per heavy atom. The fraction of sp³-hybridized carbons (Fsp3) is 0.485. The van der Waals surface area contributed by atoms with E-state index < -0.39 is 21.2 Å². The highest BCUT2D eigenvalue weighted by molar-refractivity contribution is 7.90. The summed E-state index contributed by atoms with van der Waals surface area (Å²) in [7, 11) is -3.67. The maximum Gasteiger partial charge on any atom is 0.264 e. The topological polar surface area (TPSA) is 117 Å². The number of fused-ring (bicyclic) bond motifs is 3. The fourth-order valence-electron chi connectivity index (χ4n) is 7.62. The second-order valence-corrected chi connectivity index (χ2v) is 16.9. The molecule has 1 amide bonds. The van der Waals surface area contributed by atoms with Crippen molar-refractivity contribution < 1.29 is 17.7 Å². The summed E-state index contributed by atoms with van der Waals surface area (Å²) < 4.78 is 34.5. The van der Waals surface area contributed by atoms with E-state index >= 15 is 0 Å². The zero-order valence-electron chi connectivity index (χ0n) is 25.2. The van der Waals surface area contributed by atoms with Crippen LogP contribution in [-0.2, 0) is 16.6 Å². The molecular formula is C33H35Cl2N5O4S2. The molecule has 2 saturated heterocycles. The predicted octanol–water partition coefficient (Wildman–Crippen LogP) is 7.43.